The summed E-state index contributed by atoms with van der Waals surface area (Å²) in [5.41, 5.74) is 1.29. The Labute approximate surface area is 213 Å². The Bertz CT molecular complexity index is 830. The highest BCUT2D eigenvalue weighted by Crippen LogP contribution is 2.16. The number of guanidine groups is 1. The fourth-order valence-corrected chi connectivity index (χ4v) is 3.60. The Morgan fingerprint density at radius 3 is 2.48 bits per heavy atom. The minimum absolute atomic E-state index is 0. The lowest BCUT2D eigenvalue weighted by atomic mass is 10.1. The number of carbonyl (C=O) groups is 2. The van der Waals surface area contributed by atoms with Crippen LogP contribution in [-0.4, -0.2) is 72.3 Å². The van der Waals surface area contributed by atoms with E-state index in [2.05, 4.69) is 20.9 Å². The molecule has 2 heterocycles. The number of amides is 3. The van der Waals surface area contributed by atoms with Gasteiger partial charge in [0.25, 0.3) is 0 Å². The molecule has 0 bridgehead atoms. The average Bonchev–Trinajstić information content (AvgIpc) is 3.22. The summed E-state index contributed by atoms with van der Waals surface area (Å²) in [5.74, 6) is 0.702. The zero-order valence-corrected chi connectivity index (χ0v) is 22.3. The molecule has 0 saturated carbocycles. The predicted octanol–water partition coefficient (Wildman–Crippen LogP) is 3.61. The van der Waals surface area contributed by atoms with E-state index in [0.717, 1.165) is 43.7 Å². The van der Waals surface area contributed by atoms with Crippen LogP contribution in [0, 0.1) is 0 Å². The second kappa shape index (κ2) is 12.3. The summed E-state index contributed by atoms with van der Waals surface area (Å²) in [6, 6.07) is 7.85. The lowest BCUT2D eigenvalue weighted by Crippen LogP contribution is -2.63. The molecule has 3 amide bonds. The summed E-state index contributed by atoms with van der Waals surface area (Å²) in [6.45, 7) is 11.6. The summed E-state index contributed by atoms with van der Waals surface area (Å²) in [7, 11) is 0. The van der Waals surface area contributed by atoms with E-state index in [4.69, 9.17) is 4.74 Å². The van der Waals surface area contributed by atoms with Crippen LogP contribution in [0.5, 0.6) is 0 Å². The zero-order chi connectivity index (χ0) is 23.1. The van der Waals surface area contributed by atoms with Gasteiger partial charge in [0.2, 0.25) is 0 Å². The van der Waals surface area contributed by atoms with Gasteiger partial charge in [-0.05, 0) is 58.2 Å². The summed E-state index contributed by atoms with van der Waals surface area (Å²) in [4.78, 5) is 32.6. The first-order valence-electron chi connectivity index (χ1n) is 11.4. The van der Waals surface area contributed by atoms with Gasteiger partial charge in [-0.1, -0.05) is 12.1 Å². The fraction of sp³-hybridized carbons (Fsp3) is 0.609. The van der Waals surface area contributed by atoms with Crippen LogP contribution in [0.1, 0.15) is 46.1 Å². The van der Waals surface area contributed by atoms with E-state index in [0.29, 0.717) is 25.6 Å². The van der Waals surface area contributed by atoms with Crippen LogP contribution in [0.3, 0.4) is 0 Å². The monoisotopic (exact) mass is 572 g/mol. The summed E-state index contributed by atoms with van der Waals surface area (Å²) in [5, 5.41) is 9.59. The van der Waals surface area contributed by atoms with Gasteiger partial charge >= 0.3 is 12.1 Å². The predicted molar refractivity (Wildman–Crippen MR) is 141 cm³/mol. The Balaban J connectivity index is 0.00000385. The molecule has 2 aliphatic rings. The maximum Gasteiger partial charge on any atom is 0.410 e. The Morgan fingerprint density at radius 1 is 1.15 bits per heavy atom. The van der Waals surface area contributed by atoms with Gasteiger partial charge in [0, 0.05) is 38.4 Å². The number of halogens is 1. The van der Waals surface area contributed by atoms with E-state index >= 15 is 0 Å². The number of benzene rings is 1. The zero-order valence-electron chi connectivity index (χ0n) is 20.0. The molecule has 0 aromatic heterocycles. The van der Waals surface area contributed by atoms with Gasteiger partial charge < -0.3 is 30.5 Å². The Hall–Kier alpha value is -2.24. The molecule has 0 radical (unpaired) electrons. The number of nitrogens with one attached hydrogen (secondary N) is 3. The first-order valence-corrected chi connectivity index (χ1v) is 11.4. The molecule has 3 rings (SSSR count). The van der Waals surface area contributed by atoms with E-state index in [1.54, 1.807) is 4.90 Å². The molecule has 1 aromatic carbocycles. The molecule has 2 fully saturated rings. The number of rotatable bonds is 5. The van der Waals surface area contributed by atoms with E-state index < -0.39 is 5.60 Å². The Kier molecular flexibility index (Phi) is 10.1. The molecule has 0 spiro atoms. The van der Waals surface area contributed by atoms with Gasteiger partial charge in [-0.15, -0.1) is 24.0 Å². The molecule has 0 unspecified atom stereocenters. The summed E-state index contributed by atoms with van der Waals surface area (Å²) >= 11 is 0. The highest BCUT2D eigenvalue weighted by atomic mass is 127. The van der Waals surface area contributed by atoms with Crippen molar-refractivity contribution in [2.75, 3.05) is 38.0 Å². The van der Waals surface area contributed by atoms with Crippen LogP contribution in [0.4, 0.5) is 15.3 Å². The number of aliphatic imine (C=N–C) groups is 1. The molecule has 3 N–H and O–H groups in total. The number of urea groups is 1. The number of nitrogens with zero attached hydrogens (tertiary/aromatic N) is 3. The van der Waals surface area contributed by atoms with Crippen LogP contribution >= 0.6 is 24.0 Å². The highest BCUT2D eigenvalue weighted by Gasteiger charge is 2.34. The molecule has 10 heteroatoms. The second-order valence-corrected chi connectivity index (χ2v) is 9.25. The summed E-state index contributed by atoms with van der Waals surface area (Å²) in [6.07, 6.45) is 1.85. The van der Waals surface area contributed by atoms with Crippen LogP contribution in [0.2, 0.25) is 0 Å². The van der Waals surface area contributed by atoms with Gasteiger partial charge in [-0.2, -0.15) is 0 Å². The van der Waals surface area contributed by atoms with Crippen molar-refractivity contribution >= 4 is 47.7 Å². The number of carbonyl (C=O) groups excluding carboxylic acids is 2. The lowest BCUT2D eigenvalue weighted by Gasteiger charge is -2.40. The molecule has 33 heavy (non-hydrogen) atoms. The number of hydrogen-bond donors (Lipinski definition) is 3. The van der Waals surface area contributed by atoms with Crippen molar-refractivity contribution in [3.05, 3.63) is 29.8 Å². The van der Waals surface area contributed by atoms with E-state index in [-0.39, 0.29) is 42.1 Å². The number of hydrogen-bond acceptors (Lipinski definition) is 4. The van der Waals surface area contributed by atoms with Crippen molar-refractivity contribution in [1.29, 1.82) is 0 Å². The molecule has 2 aliphatic heterocycles. The molecule has 0 atom stereocenters. The number of anilines is 1. The molecule has 9 nitrogen and oxygen atoms in total. The highest BCUT2D eigenvalue weighted by molar-refractivity contribution is 14.0. The van der Waals surface area contributed by atoms with Crippen LogP contribution < -0.4 is 16.0 Å². The molecule has 184 valence electrons. The number of likely N-dealkylation sites (tertiary alicyclic amines) is 2. The average molecular weight is 572 g/mol. The van der Waals surface area contributed by atoms with Gasteiger partial charge in [-0.3, -0.25) is 0 Å². The molecule has 0 aliphatic carbocycles. The lowest BCUT2D eigenvalue weighted by molar-refractivity contribution is 0.00700. The van der Waals surface area contributed by atoms with E-state index in [9.17, 15) is 9.59 Å². The third-order valence-electron chi connectivity index (χ3n) is 5.21. The van der Waals surface area contributed by atoms with E-state index in [1.165, 1.54) is 0 Å². The topological polar surface area (TPSA) is 98.3 Å². The van der Waals surface area contributed by atoms with Crippen LogP contribution in [0.15, 0.2) is 29.3 Å². The minimum Gasteiger partial charge on any atom is -0.444 e. The van der Waals surface area contributed by atoms with Crippen LogP contribution in [-0.2, 0) is 11.3 Å². The molecule has 1 aromatic rings. The largest absolute Gasteiger partial charge is 0.444 e. The standard InChI is InChI=1S/C23H36N6O3.HI/c1-5-24-20(26-19-15-29(16-19)22(31)32-23(2,3)4)25-14-17-9-8-10-18(13-17)27-21(30)28-11-6-7-12-28;/h8-10,13,19H,5-7,11-12,14-16H2,1-4H3,(H,27,30)(H2,24,25,26);1H. The van der Waals surface area contributed by atoms with Gasteiger partial charge in [0.15, 0.2) is 5.96 Å². The second-order valence-electron chi connectivity index (χ2n) is 9.25. The molecular formula is C23H37IN6O3. The van der Waals surface area contributed by atoms with E-state index in [1.807, 2.05) is 56.9 Å². The van der Waals surface area contributed by atoms with Crippen molar-refractivity contribution in [2.24, 2.45) is 4.99 Å². The maximum atomic E-state index is 12.3. The van der Waals surface area contributed by atoms with Crippen molar-refractivity contribution in [3.8, 4) is 0 Å². The quantitative estimate of drug-likeness (QED) is 0.285. The molecular weight excluding hydrogens is 535 g/mol. The summed E-state index contributed by atoms with van der Waals surface area (Å²) < 4.78 is 5.40. The van der Waals surface area contributed by atoms with Gasteiger partial charge in [-0.25, -0.2) is 14.6 Å². The van der Waals surface area contributed by atoms with Crippen molar-refractivity contribution in [2.45, 2.75) is 58.7 Å². The normalized spacial score (nSPS) is 16.5. The first kappa shape index (κ1) is 27.0. The third-order valence-corrected chi connectivity index (χ3v) is 5.21. The van der Waals surface area contributed by atoms with Gasteiger partial charge in [0.05, 0.1) is 12.6 Å². The third kappa shape index (κ3) is 8.56. The van der Waals surface area contributed by atoms with Crippen molar-refractivity contribution < 1.29 is 14.3 Å². The fourth-order valence-electron chi connectivity index (χ4n) is 3.60. The molecule has 2 saturated heterocycles. The van der Waals surface area contributed by atoms with Crippen LogP contribution in [0.25, 0.3) is 0 Å². The maximum absolute atomic E-state index is 12.3. The SMILES string of the molecule is CCNC(=NCc1cccc(NC(=O)N2CCCC2)c1)NC1CN(C(=O)OC(C)(C)C)C1.I. The van der Waals surface area contributed by atoms with Gasteiger partial charge in [0.1, 0.15) is 5.60 Å². The van der Waals surface area contributed by atoms with Crippen molar-refractivity contribution in [3.63, 3.8) is 0 Å². The Morgan fingerprint density at radius 2 is 1.85 bits per heavy atom. The smallest absolute Gasteiger partial charge is 0.410 e. The van der Waals surface area contributed by atoms with Crippen molar-refractivity contribution in [1.82, 2.24) is 20.4 Å². The number of ether oxygens (including phenoxy) is 1. The first-order chi connectivity index (χ1) is 15.2. The minimum atomic E-state index is -0.492.